The zero-order chi connectivity index (χ0) is 15.8. The van der Waals surface area contributed by atoms with Gasteiger partial charge < -0.3 is 14.9 Å². The molecule has 0 aliphatic carbocycles. The second-order valence-electron chi connectivity index (χ2n) is 4.53. The van der Waals surface area contributed by atoms with Crippen LogP contribution in [0, 0.1) is 5.82 Å². The molecule has 1 heterocycles. The van der Waals surface area contributed by atoms with Gasteiger partial charge in [0, 0.05) is 30.5 Å². The van der Waals surface area contributed by atoms with E-state index >= 15 is 0 Å². The molecular formula is C15H17FN2O3S. The largest absolute Gasteiger partial charge is 0.396 e. The van der Waals surface area contributed by atoms with Crippen molar-refractivity contribution in [3.05, 3.63) is 41.8 Å². The predicted octanol–water partition coefficient (Wildman–Crippen LogP) is 2.33. The zero-order valence-corrected chi connectivity index (χ0v) is 12.7. The highest BCUT2D eigenvalue weighted by Crippen LogP contribution is 2.20. The minimum atomic E-state index is -0.333. The van der Waals surface area contributed by atoms with Gasteiger partial charge >= 0.3 is 0 Å². The summed E-state index contributed by atoms with van der Waals surface area (Å²) in [7, 11) is 0. The highest BCUT2D eigenvalue weighted by molar-refractivity contribution is 7.99. The Morgan fingerprint density at radius 2 is 2.09 bits per heavy atom. The lowest BCUT2D eigenvalue weighted by atomic mass is 10.1. The summed E-state index contributed by atoms with van der Waals surface area (Å²) in [6, 6.07) is 7.30. The molecule has 0 atom stereocenters. The third-order valence-corrected chi connectivity index (χ3v) is 3.92. The molecule has 7 heteroatoms. The number of amides is 1. The normalized spacial score (nSPS) is 10.6. The molecule has 22 heavy (non-hydrogen) atoms. The molecule has 1 aromatic heterocycles. The van der Waals surface area contributed by atoms with E-state index in [1.807, 2.05) is 0 Å². The molecule has 0 fully saturated rings. The standard InChI is InChI=1S/C15H17FN2O3S/c16-12-4-2-11(3-5-12)14-10-13(18-21-14)15(20)17-6-9-22-8-1-7-19/h2-5,10,19H,1,6-9H2,(H,17,20). The van der Waals surface area contributed by atoms with Gasteiger partial charge in [-0.15, -0.1) is 0 Å². The summed E-state index contributed by atoms with van der Waals surface area (Å²) in [5.41, 5.74) is 0.854. The van der Waals surface area contributed by atoms with Gasteiger partial charge in [-0.2, -0.15) is 11.8 Å². The first-order chi connectivity index (χ1) is 10.7. The van der Waals surface area contributed by atoms with Crippen LogP contribution in [-0.2, 0) is 0 Å². The van der Waals surface area contributed by atoms with E-state index in [9.17, 15) is 9.18 Å². The van der Waals surface area contributed by atoms with Crippen molar-refractivity contribution in [2.45, 2.75) is 6.42 Å². The van der Waals surface area contributed by atoms with Crippen molar-refractivity contribution in [2.24, 2.45) is 0 Å². The van der Waals surface area contributed by atoms with Gasteiger partial charge in [-0.25, -0.2) is 4.39 Å². The summed E-state index contributed by atoms with van der Waals surface area (Å²) in [6.07, 6.45) is 0.753. The number of aliphatic hydroxyl groups is 1. The van der Waals surface area contributed by atoms with Gasteiger partial charge in [0.05, 0.1) is 0 Å². The third kappa shape index (κ3) is 4.85. The zero-order valence-electron chi connectivity index (χ0n) is 11.9. The Balaban J connectivity index is 1.83. The summed E-state index contributed by atoms with van der Waals surface area (Å²) in [4.78, 5) is 11.9. The number of aliphatic hydroxyl groups excluding tert-OH is 1. The smallest absolute Gasteiger partial charge is 0.273 e. The van der Waals surface area contributed by atoms with E-state index in [1.165, 1.54) is 18.2 Å². The molecule has 0 radical (unpaired) electrons. The number of carbonyl (C=O) groups excluding carboxylic acids is 1. The topological polar surface area (TPSA) is 75.4 Å². The van der Waals surface area contributed by atoms with Crippen LogP contribution in [0.4, 0.5) is 4.39 Å². The lowest BCUT2D eigenvalue weighted by molar-refractivity contribution is 0.0947. The Morgan fingerprint density at radius 3 is 2.82 bits per heavy atom. The van der Waals surface area contributed by atoms with Crippen LogP contribution in [0.25, 0.3) is 11.3 Å². The van der Waals surface area contributed by atoms with Gasteiger partial charge in [0.25, 0.3) is 5.91 Å². The predicted molar refractivity (Wildman–Crippen MR) is 83.3 cm³/mol. The molecule has 2 N–H and O–H groups in total. The van der Waals surface area contributed by atoms with Crippen LogP contribution in [0.1, 0.15) is 16.9 Å². The highest BCUT2D eigenvalue weighted by atomic mass is 32.2. The number of thioether (sulfide) groups is 1. The fourth-order valence-corrected chi connectivity index (χ4v) is 2.51. The maximum absolute atomic E-state index is 12.9. The fourth-order valence-electron chi connectivity index (χ4n) is 1.73. The van der Waals surface area contributed by atoms with Gasteiger partial charge in [-0.05, 0) is 36.4 Å². The van der Waals surface area contributed by atoms with Crippen molar-refractivity contribution < 1.29 is 18.8 Å². The van der Waals surface area contributed by atoms with Gasteiger partial charge in [-0.3, -0.25) is 4.79 Å². The van der Waals surface area contributed by atoms with Gasteiger partial charge in [0.2, 0.25) is 0 Å². The average molecular weight is 324 g/mol. The molecule has 2 aromatic rings. The van der Waals surface area contributed by atoms with Crippen LogP contribution in [-0.4, -0.2) is 40.8 Å². The summed E-state index contributed by atoms with van der Waals surface area (Å²) in [5, 5.41) is 15.1. The van der Waals surface area contributed by atoms with E-state index < -0.39 is 0 Å². The Hall–Kier alpha value is -1.86. The van der Waals surface area contributed by atoms with Gasteiger partial charge in [0.15, 0.2) is 11.5 Å². The molecule has 0 aliphatic rings. The molecule has 0 aliphatic heterocycles. The van der Waals surface area contributed by atoms with Gasteiger partial charge in [-0.1, -0.05) is 5.16 Å². The molecule has 0 spiro atoms. The van der Waals surface area contributed by atoms with Crippen molar-refractivity contribution >= 4 is 17.7 Å². The lowest BCUT2D eigenvalue weighted by Crippen LogP contribution is -2.26. The SMILES string of the molecule is O=C(NCCSCCCO)c1cc(-c2ccc(F)cc2)on1. The molecular weight excluding hydrogens is 307 g/mol. The van der Waals surface area contributed by atoms with Crippen molar-refractivity contribution in [2.75, 3.05) is 24.7 Å². The maximum Gasteiger partial charge on any atom is 0.273 e. The number of carbonyl (C=O) groups is 1. The van der Waals surface area contributed by atoms with E-state index in [1.54, 1.807) is 23.9 Å². The molecule has 0 bridgehead atoms. The molecule has 1 aromatic carbocycles. The van der Waals surface area contributed by atoms with Crippen LogP contribution in [0.15, 0.2) is 34.9 Å². The Morgan fingerprint density at radius 1 is 1.32 bits per heavy atom. The van der Waals surface area contributed by atoms with Crippen LogP contribution in [0.2, 0.25) is 0 Å². The van der Waals surface area contributed by atoms with Crippen molar-refractivity contribution in [3.63, 3.8) is 0 Å². The Labute approximate surface area is 131 Å². The maximum atomic E-state index is 12.9. The number of rotatable bonds is 8. The number of aromatic nitrogens is 1. The van der Waals surface area contributed by atoms with Crippen molar-refractivity contribution in [1.82, 2.24) is 10.5 Å². The molecule has 0 saturated carbocycles. The second-order valence-corrected chi connectivity index (χ2v) is 5.75. The van der Waals surface area contributed by atoms with Crippen molar-refractivity contribution in [3.8, 4) is 11.3 Å². The van der Waals surface area contributed by atoms with E-state index in [2.05, 4.69) is 10.5 Å². The first kappa shape index (κ1) is 16.5. The molecule has 2 rings (SSSR count). The summed E-state index contributed by atoms with van der Waals surface area (Å²) in [6.45, 7) is 0.706. The lowest BCUT2D eigenvalue weighted by Gasteiger charge is -2.02. The summed E-state index contributed by atoms with van der Waals surface area (Å²) >= 11 is 1.66. The number of halogens is 1. The summed E-state index contributed by atoms with van der Waals surface area (Å²) < 4.78 is 18.0. The first-order valence-corrected chi connectivity index (χ1v) is 8.05. The molecule has 0 unspecified atom stereocenters. The molecule has 0 saturated heterocycles. The van der Waals surface area contributed by atoms with E-state index in [0.717, 1.165) is 17.9 Å². The Bertz CT molecular complexity index is 601. The van der Waals surface area contributed by atoms with Crippen LogP contribution in [0.5, 0.6) is 0 Å². The fraction of sp³-hybridized carbons (Fsp3) is 0.333. The van der Waals surface area contributed by atoms with Crippen LogP contribution < -0.4 is 5.32 Å². The number of benzene rings is 1. The quantitative estimate of drug-likeness (QED) is 0.729. The van der Waals surface area contributed by atoms with E-state index in [0.29, 0.717) is 17.9 Å². The molecule has 118 valence electrons. The van der Waals surface area contributed by atoms with Crippen LogP contribution >= 0.6 is 11.8 Å². The highest BCUT2D eigenvalue weighted by Gasteiger charge is 2.13. The van der Waals surface area contributed by atoms with Crippen molar-refractivity contribution in [1.29, 1.82) is 0 Å². The van der Waals surface area contributed by atoms with E-state index in [4.69, 9.17) is 9.63 Å². The third-order valence-electron chi connectivity index (χ3n) is 2.85. The number of nitrogens with zero attached hydrogens (tertiary/aromatic N) is 1. The minimum Gasteiger partial charge on any atom is -0.396 e. The Kier molecular flexibility index (Phi) is 6.42. The van der Waals surface area contributed by atoms with Crippen LogP contribution in [0.3, 0.4) is 0 Å². The van der Waals surface area contributed by atoms with Gasteiger partial charge in [0.1, 0.15) is 5.82 Å². The first-order valence-electron chi connectivity index (χ1n) is 6.90. The monoisotopic (exact) mass is 324 g/mol. The molecule has 5 nitrogen and oxygen atoms in total. The minimum absolute atomic E-state index is 0.185. The summed E-state index contributed by atoms with van der Waals surface area (Å²) in [5.74, 6) is 1.42. The average Bonchev–Trinajstić information content (AvgIpc) is 3.01. The number of nitrogens with one attached hydrogen (secondary N) is 1. The molecule has 1 amide bonds. The van der Waals surface area contributed by atoms with E-state index in [-0.39, 0.29) is 24.0 Å². The number of hydrogen-bond donors (Lipinski definition) is 2. The second kappa shape index (κ2) is 8.55. The number of hydrogen-bond acceptors (Lipinski definition) is 5.